The summed E-state index contributed by atoms with van der Waals surface area (Å²) in [6, 6.07) is 17.1. The Kier molecular flexibility index (Phi) is 7.84. The maximum absolute atomic E-state index is 13.3. The molecule has 1 aromatic heterocycles. The summed E-state index contributed by atoms with van der Waals surface area (Å²) in [5.41, 5.74) is 4.51. The predicted molar refractivity (Wildman–Crippen MR) is 143 cm³/mol. The fourth-order valence-electron chi connectivity index (χ4n) is 3.80. The number of aliphatic imine (C=N–C) groups is 1. The van der Waals surface area contributed by atoms with Gasteiger partial charge in [0.2, 0.25) is 0 Å². The molecule has 0 bridgehead atoms. The third-order valence-corrected chi connectivity index (χ3v) is 7.00. The number of aryl methyl sites for hydroxylation is 1. The van der Waals surface area contributed by atoms with Crippen molar-refractivity contribution >= 4 is 57.8 Å². The van der Waals surface area contributed by atoms with Crippen molar-refractivity contribution in [2.24, 2.45) is 4.99 Å². The van der Waals surface area contributed by atoms with Crippen LogP contribution in [0.2, 0.25) is 10.0 Å². The molecule has 0 saturated carbocycles. The first-order valence-electron chi connectivity index (χ1n) is 11.0. The monoisotopic (exact) mass is 513 g/mol. The predicted octanol–water partition coefficient (Wildman–Crippen LogP) is 7.04. The molecule has 0 spiro atoms. The molecule has 3 aromatic rings. The van der Waals surface area contributed by atoms with Crippen LogP contribution in [-0.2, 0) is 9.53 Å². The van der Waals surface area contributed by atoms with Gasteiger partial charge in [-0.1, -0.05) is 41.4 Å². The molecule has 0 radical (unpaired) electrons. The number of hydrogen-bond donors (Lipinski definition) is 0. The van der Waals surface area contributed by atoms with Gasteiger partial charge in [-0.25, -0.2) is 4.99 Å². The molecular weight excluding hydrogens is 489 g/mol. The van der Waals surface area contributed by atoms with Gasteiger partial charge in [-0.2, -0.15) is 0 Å². The number of aromatic nitrogens is 1. The third-order valence-electron chi connectivity index (χ3n) is 5.44. The Bertz CT molecular complexity index is 1270. The number of carbonyl (C=O) groups is 1. The number of thioether (sulfide) groups is 1. The van der Waals surface area contributed by atoms with E-state index in [4.69, 9.17) is 32.9 Å². The first-order chi connectivity index (χ1) is 16.4. The molecule has 4 rings (SSSR count). The molecule has 34 heavy (non-hydrogen) atoms. The molecule has 0 atom stereocenters. The normalized spacial score (nSPS) is 16.3. The zero-order valence-corrected chi connectivity index (χ0v) is 21.5. The summed E-state index contributed by atoms with van der Waals surface area (Å²) in [5.74, 6) is -0.0787. The van der Waals surface area contributed by atoms with Gasteiger partial charge in [-0.05, 0) is 80.6 Å². The molecule has 1 aliphatic rings. The van der Waals surface area contributed by atoms with E-state index in [0.717, 1.165) is 28.3 Å². The maximum atomic E-state index is 13.3. The standard InChI is InChI=1S/C26H25Cl2N3O2S/c1-4-33-13-12-30-25(32)24(34-26(30)29-21-8-6-5-7-9-21)15-19-14-17(2)31(18(19)3)23-16-20(27)10-11-22(23)28/h5-11,14-16H,4,12-13H2,1-3H3/b24-15-,29-26?. The van der Waals surface area contributed by atoms with Gasteiger partial charge >= 0.3 is 0 Å². The molecule has 1 saturated heterocycles. The number of hydrogen-bond acceptors (Lipinski definition) is 4. The summed E-state index contributed by atoms with van der Waals surface area (Å²) >= 11 is 14.1. The molecule has 8 heteroatoms. The number of halogens is 2. The van der Waals surface area contributed by atoms with Crippen molar-refractivity contribution < 1.29 is 9.53 Å². The quantitative estimate of drug-likeness (QED) is 0.251. The molecule has 0 aliphatic carbocycles. The highest BCUT2D eigenvalue weighted by molar-refractivity contribution is 8.18. The highest BCUT2D eigenvalue weighted by Gasteiger charge is 2.33. The largest absolute Gasteiger partial charge is 0.380 e. The Morgan fingerprint density at radius 3 is 2.59 bits per heavy atom. The van der Waals surface area contributed by atoms with Crippen molar-refractivity contribution in [1.29, 1.82) is 0 Å². The van der Waals surface area contributed by atoms with Gasteiger partial charge in [0.05, 0.1) is 34.5 Å². The van der Waals surface area contributed by atoms with Crippen molar-refractivity contribution in [1.82, 2.24) is 9.47 Å². The van der Waals surface area contributed by atoms with Gasteiger partial charge in [0.15, 0.2) is 5.17 Å². The Morgan fingerprint density at radius 2 is 1.85 bits per heavy atom. The number of rotatable bonds is 7. The molecule has 1 fully saturated rings. The lowest BCUT2D eigenvalue weighted by Gasteiger charge is -2.15. The Balaban J connectivity index is 1.71. The smallest absolute Gasteiger partial charge is 0.266 e. The maximum Gasteiger partial charge on any atom is 0.266 e. The second-order valence-corrected chi connectivity index (χ2v) is 9.60. The van der Waals surface area contributed by atoms with Crippen LogP contribution in [0.1, 0.15) is 23.9 Å². The minimum atomic E-state index is -0.0787. The number of amidine groups is 1. The molecular formula is C26H25Cl2N3O2S. The van der Waals surface area contributed by atoms with Crippen LogP contribution in [0.25, 0.3) is 11.8 Å². The van der Waals surface area contributed by atoms with Gasteiger partial charge in [0.25, 0.3) is 5.91 Å². The van der Waals surface area contributed by atoms with E-state index in [1.807, 2.05) is 69.3 Å². The van der Waals surface area contributed by atoms with E-state index in [9.17, 15) is 4.79 Å². The van der Waals surface area contributed by atoms with Crippen LogP contribution < -0.4 is 0 Å². The number of benzene rings is 2. The lowest BCUT2D eigenvalue weighted by atomic mass is 10.2. The van der Waals surface area contributed by atoms with Crippen LogP contribution >= 0.6 is 35.0 Å². The summed E-state index contributed by atoms with van der Waals surface area (Å²) in [4.78, 5) is 20.4. The summed E-state index contributed by atoms with van der Waals surface area (Å²) in [6.07, 6.45) is 1.92. The summed E-state index contributed by atoms with van der Waals surface area (Å²) < 4.78 is 7.55. The van der Waals surface area contributed by atoms with Crippen LogP contribution in [0.4, 0.5) is 5.69 Å². The van der Waals surface area contributed by atoms with Crippen LogP contribution in [0.3, 0.4) is 0 Å². The third kappa shape index (κ3) is 5.26. The van der Waals surface area contributed by atoms with E-state index in [1.54, 1.807) is 17.0 Å². The van der Waals surface area contributed by atoms with Crippen LogP contribution in [-0.4, -0.2) is 40.3 Å². The molecule has 2 aromatic carbocycles. The molecule has 0 unspecified atom stereocenters. The molecule has 176 valence electrons. The van der Waals surface area contributed by atoms with Crippen molar-refractivity contribution in [2.45, 2.75) is 20.8 Å². The van der Waals surface area contributed by atoms with Gasteiger partial charge in [0, 0.05) is 23.0 Å². The Morgan fingerprint density at radius 1 is 1.09 bits per heavy atom. The highest BCUT2D eigenvalue weighted by atomic mass is 35.5. The summed E-state index contributed by atoms with van der Waals surface area (Å²) in [5, 5.41) is 1.87. The van der Waals surface area contributed by atoms with Crippen molar-refractivity contribution in [3.05, 3.63) is 86.5 Å². The van der Waals surface area contributed by atoms with E-state index >= 15 is 0 Å². The SMILES string of the molecule is CCOCCN1C(=O)/C(=C/c2cc(C)n(-c3cc(Cl)ccc3Cl)c2C)SC1=Nc1ccccc1. The van der Waals surface area contributed by atoms with E-state index in [2.05, 4.69) is 4.57 Å². The average molecular weight is 514 g/mol. The second kappa shape index (κ2) is 10.8. The van der Waals surface area contributed by atoms with Gasteiger partial charge < -0.3 is 9.30 Å². The van der Waals surface area contributed by atoms with Crippen molar-refractivity contribution in [3.8, 4) is 5.69 Å². The highest BCUT2D eigenvalue weighted by Crippen LogP contribution is 2.36. The number of ether oxygens (including phenoxy) is 1. The van der Waals surface area contributed by atoms with Crippen molar-refractivity contribution in [2.75, 3.05) is 19.8 Å². The lowest BCUT2D eigenvalue weighted by Crippen LogP contribution is -2.32. The Hall–Kier alpha value is -2.51. The molecule has 0 N–H and O–H groups in total. The molecule has 1 aliphatic heterocycles. The summed E-state index contributed by atoms with van der Waals surface area (Å²) in [6.45, 7) is 7.44. The van der Waals surface area contributed by atoms with Crippen LogP contribution in [0.5, 0.6) is 0 Å². The van der Waals surface area contributed by atoms with Gasteiger partial charge in [-0.15, -0.1) is 0 Å². The minimum Gasteiger partial charge on any atom is -0.380 e. The molecule has 1 amide bonds. The number of nitrogens with zero attached hydrogens (tertiary/aromatic N) is 3. The average Bonchev–Trinajstić information content (AvgIpc) is 3.26. The van der Waals surface area contributed by atoms with Crippen LogP contribution in [0.15, 0.2) is 64.5 Å². The zero-order chi connectivity index (χ0) is 24.2. The van der Waals surface area contributed by atoms with E-state index < -0.39 is 0 Å². The molecule has 5 nitrogen and oxygen atoms in total. The van der Waals surface area contributed by atoms with Crippen LogP contribution in [0, 0.1) is 13.8 Å². The number of amides is 1. The van der Waals surface area contributed by atoms with Gasteiger partial charge in [-0.3, -0.25) is 9.69 Å². The Labute approximate surface area is 214 Å². The van der Waals surface area contributed by atoms with Gasteiger partial charge in [0.1, 0.15) is 0 Å². The van der Waals surface area contributed by atoms with Crippen molar-refractivity contribution in [3.63, 3.8) is 0 Å². The first kappa shape index (κ1) is 24.6. The fourth-order valence-corrected chi connectivity index (χ4v) is 5.19. The summed E-state index contributed by atoms with van der Waals surface area (Å²) in [7, 11) is 0. The topological polar surface area (TPSA) is 46.8 Å². The number of para-hydroxylation sites is 1. The number of carbonyl (C=O) groups excluding carboxylic acids is 1. The molecule has 2 heterocycles. The minimum absolute atomic E-state index is 0.0787. The van der Waals surface area contributed by atoms with E-state index in [-0.39, 0.29) is 5.91 Å². The fraction of sp³-hybridized carbons (Fsp3) is 0.231. The van der Waals surface area contributed by atoms with E-state index in [0.29, 0.717) is 39.9 Å². The second-order valence-electron chi connectivity index (χ2n) is 7.75. The van der Waals surface area contributed by atoms with E-state index in [1.165, 1.54) is 11.8 Å². The lowest BCUT2D eigenvalue weighted by molar-refractivity contribution is -0.122. The zero-order valence-electron chi connectivity index (χ0n) is 19.2. The first-order valence-corrected chi connectivity index (χ1v) is 12.5.